The second-order valence-electron chi connectivity index (χ2n) is 4.17. The van der Waals surface area contributed by atoms with Gasteiger partial charge in [-0.3, -0.25) is 4.68 Å². The van der Waals surface area contributed by atoms with E-state index in [4.69, 9.17) is 0 Å². The highest BCUT2D eigenvalue weighted by Gasteiger charge is 2.24. The van der Waals surface area contributed by atoms with Crippen LogP contribution in [0.15, 0.2) is 12.4 Å². The van der Waals surface area contributed by atoms with Crippen molar-refractivity contribution in [3.63, 3.8) is 0 Å². The molecular formula is C11H19N3S. The van der Waals surface area contributed by atoms with Crippen molar-refractivity contribution in [2.75, 3.05) is 12.8 Å². The molecular weight excluding hydrogens is 206 g/mol. The molecule has 2 atom stereocenters. The van der Waals surface area contributed by atoms with Gasteiger partial charge in [-0.1, -0.05) is 0 Å². The smallest absolute Gasteiger partial charge is 0.0522 e. The quantitative estimate of drug-likeness (QED) is 0.841. The number of aryl methyl sites for hydroxylation is 1. The number of hydrogen-bond donors (Lipinski definition) is 1. The van der Waals surface area contributed by atoms with Crippen LogP contribution in [-0.2, 0) is 13.5 Å². The van der Waals surface area contributed by atoms with E-state index in [9.17, 15) is 0 Å². The molecule has 0 aliphatic carbocycles. The molecule has 4 heteroatoms. The van der Waals surface area contributed by atoms with E-state index in [0.717, 1.165) is 11.7 Å². The highest BCUT2D eigenvalue weighted by molar-refractivity contribution is 8.00. The molecule has 1 aliphatic heterocycles. The molecule has 15 heavy (non-hydrogen) atoms. The van der Waals surface area contributed by atoms with Gasteiger partial charge in [-0.2, -0.15) is 16.9 Å². The van der Waals surface area contributed by atoms with Crippen molar-refractivity contribution in [2.45, 2.75) is 30.6 Å². The number of likely N-dealkylation sites (N-methyl/N-ethyl adjacent to an activating group) is 1. The minimum absolute atomic E-state index is 0.599. The molecule has 1 aliphatic rings. The normalized spacial score (nSPS) is 23.2. The summed E-state index contributed by atoms with van der Waals surface area (Å²) in [6.07, 6.45) is 7.92. The van der Waals surface area contributed by atoms with E-state index in [0.29, 0.717) is 6.04 Å². The summed E-state index contributed by atoms with van der Waals surface area (Å²) >= 11 is 2.11. The van der Waals surface area contributed by atoms with Crippen molar-refractivity contribution in [3.8, 4) is 0 Å². The zero-order chi connectivity index (χ0) is 10.7. The predicted molar refractivity (Wildman–Crippen MR) is 65.2 cm³/mol. The van der Waals surface area contributed by atoms with Crippen molar-refractivity contribution >= 4 is 11.8 Å². The SMILES string of the molecule is CNC(Cc1cnn(C)c1)C1CCCS1. The fourth-order valence-electron chi connectivity index (χ4n) is 2.17. The van der Waals surface area contributed by atoms with Crippen LogP contribution >= 0.6 is 11.8 Å². The van der Waals surface area contributed by atoms with Gasteiger partial charge in [-0.25, -0.2) is 0 Å². The summed E-state index contributed by atoms with van der Waals surface area (Å²) in [6.45, 7) is 0. The first-order valence-corrected chi connectivity index (χ1v) is 6.61. The molecule has 1 fully saturated rings. The zero-order valence-electron chi connectivity index (χ0n) is 9.44. The summed E-state index contributed by atoms with van der Waals surface area (Å²) in [6, 6.07) is 0.599. The molecule has 84 valence electrons. The average molecular weight is 225 g/mol. The maximum absolute atomic E-state index is 4.21. The summed E-state index contributed by atoms with van der Waals surface area (Å²) in [5, 5.41) is 8.44. The highest BCUT2D eigenvalue weighted by atomic mass is 32.2. The van der Waals surface area contributed by atoms with Crippen LogP contribution in [-0.4, -0.2) is 33.9 Å². The van der Waals surface area contributed by atoms with Gasteiger partial charge < -0.3 is 5.32 Å². The van der Waals surface area contributed by atoms with Crippen molar-refractivity contribution < 1.29 is 0 Å². The molecule has 3 nitrogen and oxygen atoms in total. The van der Waals surface area contributed by atoms with Gasteiger partial charge in [0.2, 0.25) is 0 Å². The van der Waals surface area contributed by atoms with E-state index in [1.165, 1.54) is 24.2 Å². The molecule has 1 N–H and O–H groups in total. The fourth-order valence-corrected chi connectivity index (χ4v) is 3.60. The van der Waals surface area contributed by atoms with Crippen molar-refractivity contribution in [2.24, 2.45) is 7.05 Å². The Balaban J connectivity index is 1.95. The lowest BCUT2D eigenvalue weighted by Crippen LogP contribution is -2.36. The molecule has 1 saturated heterocycles. The molecule has 2 unspecified atom stereocenters. The van der Waals surface area contributed by atoms with E-state index in [2.05, 4.69) is 35.4 Å². The maximum Gasteiger partial charge on any atom is 0.0522 e. The molecule has 0 radical (unpaired) electrons. The van der Waals surface area contributed by atoms with E-state index in [-0.39, 0.29) is 0 Å². The molecule has 2 rings (SSSR count). The molecule has 0 amide bonds. The van der Waals surface area contributed by atoms with E-state index >= 15 is 0 Å². The second kappa shape index (κ2) is 5.03. The van der Waals surface area contributed by atoms with Gasteiger partial charge in [-0.15, -0.1) is 0 Å². The van der Waals surface area contributed by atoms with E-state index in [1.807, 2.05) is 17.9 Å². The number of nitrogens with zero attached hydrogens (tertiary/aromatic N) is 2. The third-order valence-electron chi connectivity index (χ3n) is 3.00. The zero-order valence-corrected chi connectivity index (χ0v) is 10.3. The van der Waals surface area contributed by atoms with Crippen molar-refractivity contribution in [1.29, 1.82) is 0 Å². The van der Waals surface area contributed by atoms with Crippen molar-refractivity contribution in [1.82, 2.24) is 15.1 Å². The van der Waals surface area contributed by atoms with Gasteiger partial charge >= 0.3 is 0 Å². The minimum atomic E-state index is 0.599. The van der Waals surface area contributed by atoms with E-state index < -0.39 is 0 Å². The predicted octanol–water partition coefficient (Wildman–Crippen LogP) is 1.45. The Morgan fingerprint density at radius 3 is 3.13 bits per heavy atom. The number of thioether (sulfide) groups is 1. The molecule has 0 saturated carbocycles. The number of nitrogens with one attached hydrogen (secondary N) is 1. The van der Waals surface area contributed by atoms with Crippen LogP contribution in [0.4, 0.5) is 0 Å². The summed E-state index contributed by atoms with van der Waals surface area (Å²) in [7, 11) is 4.04. The lowest BCUT2D eigenvalue weighted by atomic mass is 10.0. The Bertz CT molecular complexity index is 305. The van der Waals surface area contributed by atoms with Crippen LogP contribution in [0.3, 0.4) is 0 Å². The lowest BCUT2D eigenvalue weighted by molar-refractivity contribution is 0.524. The van der Waals surface area contributed by atoms with Gasteiger partial charge in [0, 0.05) is 24.5 Å². The van der Waals surface area contributed by atoms with Gasteiger partial charge in [0.25, 0.3) is 0 Å². The van der Waals surface area contributed by atoms with Gasteiger partial charge in [0.15, 0.2) is 0 Å². The number of rotatable bonds is 4. The average Bonchev–Trinajstić information content (AvgIpc) is 2.85. The van der Waals surface area contributed by atoms with Crippen LogP contribution in [0.1, 0.15) is 18.4 Å². The second-order valence-corrected chi connectivity index (χ2v) is 5.52. The molecule has 0 bridgehead atoms. The Kier molecular flexibility index (Phi) is 3.70. The van der Waals surface area contributed by atoms with Gasteiger partial charge in [-0.05, 0) is 37.6 Å². The Morgan fingerprint density at radius 1 is 1.73 bits per heavy atom. The Morgan fingerprint density at radius 2 is 2.60 bits per heavy atom. The lowest BCUT2D eigenvalue weighted by Gasteiger charge is -2.21. The summed E-state index contributed by atoms with van der Waals surface area (Å²) < 4.78 is 1.88. The maximum atomic E-state index is 4.21. The number of aromatic nitrogens is 2. The third-order valence-corrected chi connectivity index (χ3v) is 4.52. The minimum Gasteiger partial charge on any atom is -0.316 e. The van der Waals surface area contributed by atoms with Gasteiger partial charge in [0.05, 0.1) is 6.20 Å². The Hall–Kier alpha value is -0.480. The first kappa shape index (κ1) is 11.0. The van der Waals surface area contributed by atoms with Crippen LogP contribution in [0, 0.1) is 0 Å². The van der Waals surface area contributed by atoms with Crippen molar-refractivity contribution in [3.05, 3.63) is 18.0 Å². The van der Waals surface area contributed by atoms with E-state index in [1.54, 1.807) is 0 Å². The molecule has 0 aromatic carbocycles. The molecule has 2 heterocycles. The molecule has 1 aromatic heterocycles. The van der Waals surface area contributed by atoms with Crippen LogP contribution in [0.2, 0.25) is 0 Å². The highest BCUT2D eigenvalue weighted by Crippen LogP contribution is 2.29. The molecule has 0 spiro atoms. The fraction of sp³-hybridized carbons (Fsp3) is 0.727. The Labute approximate surface area is 95.6 Å². The standard InChI is InChI=1S/C11H19N3S/c1-12-10(11-4-3-5-15-11)6-9-7-13-14(2)8-9/h7-8,10-12H,3-6H2,1-2H3. The first-order valence-electron chi connectivity index (χ1n) is 5.56. The summed E-state index contributed by atoms with van der Waals surface area (Å²) in [5.74, 6) is 1.33. The topological polar surface area (TPSA) is 29.9 Å². The van der Waals surface area contributed by atoms with Gasteiger partial charge in [0.1, 0.15) is 0 Å². The van der Waals surface area contributed by atoms with Crippen LogP contribution in [0.5, 0.6) is 0 Å². The summed E-state index contributed by atoms with van der Waals surface area (Å²) in [4.78, 5) is 0. The first-order chi connectivity index (χ1) is 7.29. The number of hydrogen-bond acceptors (Lipinski definition) is 3. The van der Waals surface area contributed by atoms with Crippen LogP contribution < -0.4 is 5.32 Å². The summed E-state index contributed by atoms with van der Waals surface area (Å²) in [5.41, 5.74) is 1.34. The molecule has 1 aromatic rings. The largest absolute Gasteiger partial charge is 0.316 e. The third kappa shape index (κ3) is 2.75. The monoisotopic (exact) mass is 225 g/mol. The van der Waals surface area contributed by atoms with Crippen LogP contribution in [0.25, 0.3) is 0 Å².